The molecule has 0 radical (unpaired) electrons. The third-order valence-corrected chi connectivity index (χ3v) is 3.81. The van der Waals surface area contributed by atoms with E-state index in [0.717, 1.165) is 17.7 Å². The van der Waals surface area contributed by atoms with Crippen LogP contribution in [0.1, 0.15) is 43.5 Å². The van der Waals surface area contributed by atoms with Crippen LogP contribution in [0, 0.1) is 5.92 Å². The number of ether oxygens (including phenoxy) is 1. The number of carbonyl (C=O) groups is 1. The first-order valence-corrected chi connectivity index (χ1v) is 8.21. The zero-order chi connectivity index (χ0) is 16.7. The van der Waals surface area contributed by atoms with Crippen LogP contribution >= 0.6 is 0 Å². The lowest BCUT2D eigenvalue weighted by molar-refractivity contribution is -0.144. The van der Waals surface area contributed by atoms with E-state index < -0.39 is 0 Å². The van der Waals surface area contributed by atoms with Gasteiger partial charge in [-0.05, 0) is 42.5 Å². The standard InChI is InChI=1S/C20H25NO2/c1-15(2)14-17-7-9-18(10-8-17)16(3)20(22)23-13-11-19-6-4-5-12-21-19/h4-10,12,15-16H,11,13-14H2,1-3H3. The molecule has 1 atom stereocenters. The van der Waals surface area contributed by atoms with Gasteiger partial charge in [0.05, 0.1) is 12.5 Å². The van der Waals surface area contributed by atoms with E-state index in [-0.39, 0.29) is 11.9 Å². The van der Waals surface area contributed by atoms with Gasteiger partial charge in [0.1, 0.15) is 0 Å². The van der Waals surface area contributed by atoms with Gasteiger partial charge in [0.15, 0.2) is 0 Å². The Balaban J connectivity index is 1.84. The highest BCUT2D eigenvalue weighted by Gasteiger charge is 2.16. The molecule has 23 heavy (non-hydrogen) atoms. The van der Waals surface area contributed by atoms with Crippen LogP contribution in [0.5, 0.6) is 0 Å². The molecule has 0 saturated heterocycles. The van der Waals surface area contributed by atoms with Crippen molar-refractivity contribution >= 4 is 5.97 Å². The number of esters is 1. The zero-order valence-corrected chi connectivity index (χ0v) is 14.2. The zero-order valence-electron chi connectivity index (χ0n) is 14.2. The second-order valence-corrected chi connectivity index (χ2v) is 6.30. The maximum Gasteiger partial charge on any atom is 0.313 e. The van der Waals surface area contributed by atoms with E-state index >= 15 is 0 Å². The minimum atomic E-state index is -0.244. The number of hydrogen-bond donors (Lipinski definition) is 0. The fraction of sp³-hybridized carbons (Fsp3) is 0.400. The molecule has 0 amide bonds. The summed E-state index contributed by atoms with van der Waals surface area (Å²) in [4.78, 5) is 16.4. The molecule has 2 aromatic rings. The Morgan fingerprint density at radius 3 is 2.43 bits per heavy atom. The molecule has 0 fully saturated rings. The van der Waals surface area contributed by atoms with Crippen molar-refractivity contribution in [3.8, 4) is 0 Å². The molecule has 1 aromatic carbocycles. The molecule has 2 rings (SSSR count). The molecule has 1 unspecified atom stereocenters. The fourth-order valence-corrected chi connectivity index (χ4v) is 2.48. The van der Waals surface area contributed by atoms with Crippen LogP contribution in [0.2, 0.25) is 0 Å². The van der Waals surface area contributed by atoms with Gasteiger partial charge in [0, 0.05) is 18.3 Å². The minimum absolute atomic E-state index is 0.183. The summed E-state index contributed by atoms with van der Waals surface area (Å²) in [6.45, 7) is 6.66. The van der Waals surface area contributed by atoms with Gasteiger partial charge in [-0.1, -0.05) is 44.2 Å². The topological polar surface area (TPSA) is 39.2 Å². The van der Waals surface area contributed by atoms with Crippen molar-refractivity contribution in [3.05, 3.63) is 65.5 Å². The predicted octanol–water partition coefficient (Wildman–Crippen LogP) is 4.17. The van der Waals surface area contributed by atoms with Gasteiger partial charge in [-0.15, -0.1) is 0 Å². The van der Waals surface area contributed by atoms with Crippen LogP contribution in [0.4, 0.5) is 0 Å². The van der Waals surface area contributed by atoms with Crippen LogP contribution in [0.3, 0.4) is 0 Å². The van der Waals surface area contributed by atoms with Gasteiger partial charge in [-0.3, -0.25) is 9.78 Å². The van der Waals surface area contributed by atoms with Crippen LogP contribution in [0.25, 0.3) is 0 Å². The first-order valence-electron chi connectivity index (χ1n) is 8.21. The average molecular weight is 311 g/mol. The lowest BCUT2D eigenvalue weighted by Crippen LogP contribution is -2.15. The first-order chi connectivity index (χ1) is 11.1. The molecule has 1 aromatic heterocycles. The number of pyridine rings is 1. The van der Waals surface area contributed by atoms with Crippen molar-refractivity contribution in [2.45, 2.75) is 39.5 Å². The Bertz CT molecular complexity index is 605. The molecule has 0 aliphatic rings. The smallest absolute Gasteiger partial charge is 0.313 e. The van der Waals surface area contributed by atoms with Crippen LogP contribution in [-0.2, 0) is 22.4 Å². The van der Waals surface area contributed by atoms with Crippen molar-refractivity contribution in [2.24, 2.45) is 5.92 Å². The van der Waals surface area contributed by atoms with E-state index in [2.05, 4.69) is 31.0 Å². The quantitative estimate of drug-likeness (QED) is 0.720. The van der Waals surface area contributed by atoms with Gasteiger partial charge in [0.2, 0.25) is 0 Å². The van der Waals surface area contributed by atoms with Gasteiger partial charge in [-0.2, -0.15) is 0 Å². The Morgan fingerprint density at radius 1 is 1.09 bits per heavy atom. The third kappa shape index (κ3) is 5.51. The SMILES string of the molecule is CC(C)Cc1ccc(C(C)C(=O)OCCc2ccccn2)cc1. The maximum absolute atomic E-state index is 12.2. The summed E-state index contributed by atoms with van der Waals surface area (Å²) < 4.78 is 5.38. The van der Waals surface area contributed by atoms with Crippen LogP contribution < -0.4 is 0 Å². The van der Waals surface area contributed by atoms with Crippen molar-refractivity contribution in [1.29, 1.82) is 0 Å². The lowest BCUT2D eigenvalue weighted by Gasteiger charge is -2.13. The first kappa shape index (κ1) is 17.2. The van der Waals surface area contributed by atoms with Gasteiger partial charge >= 0.3 is 5.97 Å². The normalized spacial score (nSPS) is 12.2. The molecular formula is C20H25NO2. The van der Waals surface area contributed by atoms with Crippen molar-refractivity contribution in [3.63, 3.8) is 0 Å². The Labute approximate surface area is 138 Å². The molecular weight excluding hydrogens is 286 g/mol. The van der Waals surface area contributed by atoms with Crippen molar-refractivity contribution in [1.82, 2.24) is 4.98 Å². The molecule has 0 aliphatic carbocycles. The summed E-state index contributed by atoms with van der Waals surface area (Å²) in [5, 5.41) is 0. The minimum Gasteiger partial charge on any atom is -0.465 e. The van der Waals surface area contributed by atoms with E-state index in [1.807, 2.05) is 37.3 Å². The summed E-state index contributed by atoms with van der Waals surface area (Å²) >= 11 is 0. The van der Waals surface area contributed by atoms with Gasteiger partial charge in [0.25, 0.3) is 0 Å². The van der Waals surface area contributed by atoms with Crippen molar-refractivity contribution in [2.75, 3.05) is 6.61 Å². The van der Waals surface area contributed by atoms with Crippen molar-refractivity contribution < 1.29 is 9.53 Å². The molecule has 0 spiro atoms. The van der Waals surface area contributed by atoms with E-state index in [9.17, 15) is 4.79 Å². The number of hydrogen-bond acceptors (Lipinski definition) is 3. The Morgan fingerprint density at radius 2 is 1.83 bits per heavy atom. The van der Waals surface area contributed by atoms with Crippen LogP contribution in [0.15, 0.2) is 48.7 Å². The monoisotopic (exact) mass is 311 g/mol. The molecule has 0 saturated carbocycles. The molecule has 0 aliphatic heterocycles. The van der Waals surface area contributed by atoms with Gasteiger partial charge < -0.3 is 4.74 Å². The predicted molar refractivity (Wildman–Crippen MR) is 92.3 cm³/mol. The van der Waals surface area contributed by atoms with E-state index in [1.54, 1.807) is 6.20 Å². The van der Waals surface area contributed by atoms with E-state index in [4.69, 9.17) is 4.74 Å². The molecule has 0 N–H and O–H groups in total. The fourth-order valence-electron chi connectivity index (χ4n) is 2.48. The third-order valence-electron chi connectivity index (χ3n) is 3.81. The maximum atomic E-state index is 12.2. The summed E-state index contributed by atoms with van der Waals surface area (Å²) in [5.41, 5.74) is 3.24. The summed E-state index contributed by atoms with van der Waals surface area (Å²) in [6, 6.07) is 14.0. The Kier molecular flexibility index (Phi) is 6.33. The summed E-state index contributed by atoms with van der Waals surface area (Å²) in [6.07, 6.45) is 3.45. The van der Waals surface area contributed by atoms with Crippen LogP contribution in [-0.4, -0.2) is 17.6 Å². The molecule has 0 bridgehead atoms. The van der Waals surface area contributed by atoms with E-state index in [1.165, 1.54) is 5.56 Å². The largest absolute Gasteiger partial charge is 0.465 e. The molecule has 3 nitrogen and oxygen atoms in total. The highest BCUT2D eigenvalue weighted by Crippen LogP contribution is 2.19. The van der Waals surface area contributed by atoms with E-state index in [0.29, 0.717) is 18.9 Å². The number of nitrogens with zero attached hydrogens (tertiary/aromatic N) is 1. The average Bonchev–Trinajstić information content (AvgIpc) is 2.55. The molecule has 122 valence electrons. The number of rotatable bonds is 7. The summed E-state index contributed by atoms with van der Waals surface area (Å²) in [7, 11) is 0. The van der Waals surface area contributed by atoms with Gasteiger partial charge in [-0.25, -0.2) is 0 Å². The summed E-state index contributed by atoms with van der Waals surface area (Å²) in [5.74, 6) is 0.208. The molecule has 3 heteroatoms. The number of benzene rings is 1. The number of aromatic nitrogens is 1. The number of carbonyl (C=O) groups excluding carboxylic acids is 1. The highest BCUT2D eigenvalue weighted by molar-refractivity contribution is 5.77. The Hall–Kier alpha value is -2.16. The molecule has 1 heterocycles. The second-order valence-electron chi connectivity index (χ2n) is 6.30. The lowest BCUT2D eigenvalue weighted by atomic mass is 9.97. The highest BCUT2D eigenvalue weighted by atomic mass is 16.5. The second kappa shape index (κ2) is 8.47.